The minimum Gasteiger partial charge on any atom is -0.461 e. The molecule has 0 saturated heterocycles. The first-order valence-electron chi connectivity index (χ1n) is 7.67. The molecule has 0 aliphatic rings. The molecule has 0 unspecified atom stereocenters. The van der Waals surface area contributed by atoms with Gasteiger partial charge in [-0.25, -0.2) is 14.3 Å². The minimum absolute atomic E-state index is 0.0235. The van der Waals surface area contributed by atoms with Crippen LogP contribution in [-0.4, -0.2) is 40.7 Å². The lowest BCUT2D eigenvalue weighted by Crippen LogP contribution is -2.18. The van der Waals surface area contributed by atoms with Crippen molar-refractivity contribution >= 4 is 33.7 Å². The molecule has 0 aliphatic heterocycles. The zero-order valence-corrected chi connectivity index (χ0v) is 15.4. The number of halogens is 1. The van der Waals surface area contributed by atoms with Crippen molar-refractivity contribution in [3.8, 4) is 0 Å². The maximum absolute atomic E-state index is 12.4. The second-order valence-corrected chi connectivity index (χ2v) is 5.86. The first kappa shape index (κ1) is 18.9. The molecule has 1 aromatic carbocycles. The van der Waals surface area contributed by atoms with Crippen molar-refractivity contribution in [3.63, 3.8) is 0 Å². The van der Waals surface area contributed by atoms with Crippen molar-refractivity contribution in [1.29, 1.82) is 0 Å². The number of hydrogen-bond donors (Lipinski definition) is 0. The van der Waals surface area contributed by atoms with Gasteiger partial charge in [0.05, 0.1) is 13.2 Å². The Hall–Kier alpha value is -2.48. The third kappa shape index (κ3) is 4.76. The molecule has 0 aliphatic carbocycles. The summed E-state index contributed by atoms with van der Waals surface area (Å²) in [5, 5.41) is 4.03. The minimum atomic E-state index is -0.664. The summed E-state index contributed by atoms with van der Waals surface area (Å²) in [4.78, 5) is 36.3. The molecule has 25 heavy (non-hydrogen) atoms. The smallest absolute Gasteiger partial charge is 0.358 e. The van der Waals surface area contributed by atoms with Gasteiger partial charge in [-0.3, -0.25) is 4.79 Å². The van der Waals surface area contributed by atoms with Crippen molar-refractivity contribution in [2.24, 2.45) is 0 Å². The van der Waals surface area contributed by atoms with Gasteiger partial charge in [0.25, 0.3) is 0 Å². The van der Waals surface area contributed by atoms with Gasteiger partial charge in [0.15, 0.2) is 11.5 Å². The van der Waals surface area contributed by atoms with E-state index in [-0.39, 0.29) is 36.9 Å². The number of ether oxygens (including phenoxy) is 2. The van der Waals surface area contributed by atoms with Crippen LogP contribution in [0.4, 0.5) is 0 Å². The molecule has 0 fully saturated rings. The molecule has 2 rings (SSSR count). The molecule has 0 amide bonds. The van der Waals surface area contributed by atoms with Crippen LogP contribution in [-0.2, 0) is 16.0 Å². The van der Waals surface area contributed by atoms with Gasteiger partial charge >= 0.3 is 11.9 Å². The number of hydrogen-bond acceptors (Lipinski definition) is 6. The van der Waals surface area contributed by atoms with Gasteiger partial charge in [0.1, 0.15) is 12.2 Å². The Morgan fingerprint density at radius 1 is 1.04 bits per heavy atom. The van der Waals surface area contributed by atoms with Crippen molar-refractivity contribution in [3.05, 3.63) is 51.8 Å². The first-order chi connectivity index (χ1) is 12.0. The lowest BCUT2D eigenvalue weighted by Gasteiger charge is -2.06. The Labute approximate surface area is 153 Å². The molecule has 1 heterocycles. The Morgan fingerprint density at radius 3 is 2.24 bits per heavy atom. The number of esters is 2. The zero-order chi connectivity index (χ0) is 18.4. The van der Waals surface area contributed by atoms with E-state index >= 15 is 0 Å². The van der Waals surface area contributed by atoms with Crippen molar-refractivity contribution in [2.45, 2.75) is 20.4 Å². The van der Waals surface area contributed by atoms with Crippen LogP contribution >= 0.6 is 15.9 Å². The Morgan fingerprint density at radius 2 is 1.64 bits per heavy atom. The van der Waals surface area contributed by atoms with Gasteiger partial charge < -0.3 is 9.47 Å². The Kier molecular flexibility index (Phi) is 6.46. The van der Waals surface area contributed by atoms with E-state index in [2.05, 4.69) is 21.0 Å². The second kappa shape index (κ2) is 8.57. The van der Waals surface area contributed by atoms with Crippen LogP contribution in [0.15, 0.2) is 34.8 Å². The number of aromatic nitrogens is 2. The van der Waals surface area contributed by atoms with Gasteiger partial charge in [-0.2, -0.15) is 5.10 Å². The Balaban J connectivity index is 2.30. The molecule has 0 spiro atoms. The summed E-state index contributed by atoms with van der Waals surface area (Å²) in [7, 11) is 0. The maximum Gasteiger partial charge on any atom is 0.358 e. The maximum atomic E-state index is 12.4. The van der Waals surface area contributed by atoms with E-state index in [1.54, 1.807) is 38.1 Å². The molecule has 0 saturated carbocycles. The number of nitrogens with zero attached hydrogens (tertiary/aromatic N) is 2. The largest absolute Gasteiger partial charge is 0.461 e. The molecule has 0 N–H and O–H groups in total. The van der Waals surface area contributed by atoms with Crippen LogP contribution in [0.1, 0.15) is 45.2 Å². The van der Waals surface area contributed by atoms with Crippen molar-refractivity contribution in [1.82, 2.24) is 9.78 Å². The topological polar surface area (TPSA) is 87.5 Å². The van der Waals surface area contributed by atoms with E-state index in [1.807, 2.05) is 0 Å². The summed E-state index contributed by atoms with van der Waals surface area (Å²) in [5.41, 5.74) is 0.440. The first-order valence-corrected chi connectivity index (χ1v) is 8.46. The number of rotatable bonds is 7. The lowest BCUT2D eigenvalue weighted by atomic mass is 10.1. The van der Waals surface area contributed by atoms with Gasteiger partial charge in [-0.1, -0.05) is 28.1 Å². The number of Topliss-reactive ketones (excluding diaryl/α,β-unsaturated/α-hetero) is 1. The molecule has 0 atom stereocenters. The fourth-order valence-electron chi connectivity index (χ4n) is 2.07. The van der Waals surface area contributed by atoms with Crippen LogP contribution in [0.25, 0.3) is 0 Å². The molecule has 7 nitrogen and oxygen atoms in total. The summed E-state index contributed by atoms with van der Waals surface area (Å²) in [6.45, 7) is 3.48. The van der Waals surface area contributed by atoms with E-state index < -0.39 is 11.9 Å². The predicted octanol–water partition coefficient (Wildman–Crippen LogP) is 2.88. The van der Waals surface area contributed by atoms with E-state index in [9.17, 15) is 14.4 Å². The molecule has 0 radical (unpaired) electrons. The molecule has 1 aromatic heterocycles. The molecular formula is C17H17BrN2O5. The van der Waals surface area contributed by atoms with Gasteiger partial charge in [-0.05, 0) is 26.0 Å². The SMILES string of the molecule is CCOC(=O)c1cc(C(=O)OCC)n(CC(=O)c2ccc(Br)cc2)n1. The fraction of sp³-hybridized carbons (Fsp3) is 0.294. The van der Waals surface area contributed by atoms with Crippen LogP contribution in [0.5, 0.6) is 0 Å². The normalized spacial score (nSPS) is 10.4. The third-order valence-electron chi connectivity index (χ3n) is 3.21. The average Bonchev–Trinajstić information content (AvgIpc) is 3.00. The van der Waals surface area contributed by atoms with Crippen LogP contribution < -0.4 is 0 Å². The van der Waals surface area contributed by atoms with E-state index in [0.29, 0.717) is 5.56 Å². The fourth-order valence-corrected chi connectivity index (χ4v) is 2.34. The average molecular weight is 409 g/mol. The monoisotopic (exact) mass is 408 g/mol. The van der Waals surface area contributed by atoms with Gasteiger partial charge in [0, 0.05) is 16.1 Å². The molecule has 132 valence electrons. The van der Waals surface area contributed by atoms with Crippen LogP contribution in [0, 0.1) is 0 Å². The summed E-state index contributed by atoms with van der Waals surface area (Å²) in [6, 6.07) is 8.07. The van der Waals surface area contributed by atoms with Crippen molar-refractivity contribution < 1.29 is 23.9 Å². The number of carbonyl (C=O) groups excluding carboxylic acids is 3. The van der Waals surface area contributed by atoms with E-state index in [1.165, 1.54) is 6.07 Å². The number of carbonyl (C=O) groups is 3. The van der Waals surface area contributed by atoms with E-state index in [4.69, 9.17) is 9.47 Å². The summed E-state index contributed by atoms with van der Waals surface area (Å²) in [5.74, 6) is -1.58. The number of ketones is 1. The molecule has 0 bridgehead atoms. The molecule has 2 aromatic rings. The highest BCUT2D eigenvalue weighted by atomic mass is 79.9. The highest BCUT2D eigenvalue weighted by molar-refractivity contribution is 9.10. The summed E-state index contributed by atoms with van der Waals surface area (Å²) in [6.07, 6.45) is 0. The van der Waals surface area contributed by atoms with Crippen molar-refractivity contribution in [2.75, 3.05) is 13.2 Å². The molecule has 8 heteroatoms. The Bertz CT molecular complexity index is 783. The highest BCUT2D eigenvalue weighted by Gasteiger charge is 2.22. The van der Waals surface area contributed by atoms with E-state index in [0.717, 1.165) is 9.15 Å². The quantitative estimate of drug-likeness (QED) is 0.516. The highest BCUT2D eigenvalue weighted by Crippen LogP contribution is 2.13. The standard InChI is InChI=1S/C17H17BrN2O5/c1-3-24-16(22)13-9-14(17(23)25-4-2)20(19-13)10-15(21)11-5-7-12(18)8-6-11/h5-9H,3-4,10H2,1-2H3. The lowest BCUT2D eigenvalue weighted by molar-refractivity contribution is 0.0505. The molecular weight excluding hydrogens is 392 g/mol. The number of benzene rings is 1. The van der Waals surface area contributed by atoms with Gasteiger partial charge in [0.2, 0.25) is 0 Å². The predicted molar refractivity (Wildman–Crippen MR) is 92.6 cm³/mol. The summed E-state index contributed by atoms with van der Waals surface area (Å²) < 4.78 is 11.8. The zero-order valence-electron chi connectivity index (χ0n) is 13.8. The van der Waals surface area contributed by atoms with Crippen LogP contribution in [0.3, 0.4) is 0 Å². The summed E-state index contributed by atoms with van der Waals surface area (Å²) >= 11 is 3.30. The van der Waals surface area contributed by atoms with Gasteiger partial charge in [-0.15, -0.1) is 0 Å². The third-order valence-corrected chi connectivity index (χ3v) is 3.74. The second-order valence-electron chi connectivity index (χ2n) is 4.94. The van der Waals surface area contributed by atoms with Crippen LogP contribution in [0.2, 0.25) is 0 Å².